The molecule has 0 aromatic carbocycles. The van der Waals surface area contributed by atoms with E-state index in [0.717, 1.165) is 16.8 Å². The number of Topliss-reactive ketones (excluding diaryl/α,β-unsaturated/α-hetero) is 1. The Morgan fingerprint density at radius 3 is 2.39 bits per heavy atom. The summed E-state index contributed by atoms with van der Waals surface area (Å²) < 4.78 is 5.09. The van der Waals surface area contributed by atoms with E-state index in [1.165, 1.54) is 11.8 Å². The molecule has 0 aliphatic carbocycles. The smallest absolute Gasteiger partial charge is 0.340 e. The number of carbonyl (C=O) groups is 2. The largest absolute Gasteiger partial charge is 0.462 e. The lowest BCUT2D eigenvalue weighted by atomic mass is 10.1. The number of aryl methyl sites for hydroxylation is 2. The fourth-order valence-corrected chi connectivity index (χ4v) is 4.12. The molecule has 7 heteroatoms. The summed E-state index contributed by atoms with van der Waals surface area (Å²) in [6.45, 7) is 13.0. The maximum absolute atomic E-state index is 13.0. The average Bonchev–Trinajstić information content (AvgIpc) is 2.93. The summed E-state index contributed by atoms with van der Waals surface area (Å²) in [5.41, 5.74) is 5.19. The van der Waals surface area contributed by atoms with Crippen LogP contribution in [-0.4, -0.2) is 33.6 Å². The number of rotatable bonds is 6. The lowest BCUT2D eigenvalue weighted by Gasteiger charge is -2.14. The molecule has 1 atom stereocenters. The van der Waals surface area contributed by atoms with Gasteiger partial charge >= 0.3 is 5.97 Å². The summed E-state index contributed by atoms with van der Waals surface area (Å²) in [5.74, 6) is -0.589. The van der Waals surface area contributed by atoms with Gasteiger partial charge in [0.2, 0.25) is 0 Å². The lowest BCUT2D eigenvalue weighted by Crippen LogP contribution is -2.16. The zero-order valence-corrected chi connectivity index (χ0v) is 18.1. The number of ether oxygens (including phenoxy) is 1. The van der Waals surface area contributed by atoms with Crippen LogP contribution in [0.3, 0.4) is 0 Å². The predicted octanol–water partition coefficient (Wildman–Crippen LogP) is 4.36. The first-order chi connectivity index (χ1) is 13.1. The van der Waals surface area contributed by atoms with Crippen molar-refractivity contribution in [2.24, 2.45) is 0 Å². The maximum atomic E-state index is 13.0. The highest BCUT2D eigenvalue weighted by Crippen LogP contribution is 2.31. The molecular formula is C21H25N3O3S. The molecule has 2 aromatic heterocycles. The first-order valence-corrected chi connectivity index (χ1v) is 9.96. The van der Waals surface area contributed by atoms with Gasteiger partial charge in [0.15, 0.2) is 5.78 Å². The number of nitriles is 1. The van der Waals surface area contributed by atoms with Crippen LogP contribution in [0.15, 0.2) is 5.03 Å². The Morgan fingerprint density at radius 2 is 1.82 bits per heavy atom. The van der Waals surface area contributed by atoms with Crippen LogP contribution in [0.2, 0.25) is 0 Å². The number of aromatic amines is 1. The fraction of sp³-hybridized carbons (Fsp3) is 0.429. The lowest BCUT2D eigenvalue weighted by molar-refractivity contribution is 0.0525. The zero-order valence-electron chi connectivity index (χ0n) is 17.3. The number of pyridine rings is 1. The SMILES string of the molecule is CCOC(=O)c1c(C)[nH]c(C(=O)[C@H](C)Sc2nc(C)c(C)c(C)c2C#N)c1C. The molecule has 6 nitrogen and oxygen atoms in total. The molecule has 2 aromatic rings. The van der Waals surface area contributed by atoms with Crippen LogP contribution < -0.4 is 0 Å². The van der Waals surface area contributed by atoms with Gasteiger partial charge in [-0.2, -0.15) is 5.26 Å². The van der Waals surface area contributed by atoms with Crippen LogP contribution in [0.25, 0.3) is 0 Å². The van der Waals surface area contributed by atoms with E-state index < -0.39 is 11.2 Å². The topological polar surface area (TPSA) is 95.8 Å². The third-order valence-electron chi connectivity index (χ3n) is 4.90. The summed E-state index contributed by atoms with van der Waals surface area (Å²) in [4.78, 5) is 32.8. The average molecular weight is 400 g/mol. The number of ketones is 1. The van der Waals surface area contributed by atoms with Crippen molar-refractivity contribution >= 4 is 23.5 Å². The standard InChI is InChI=1S/C21H25N3O3S/c1-8-27-21(26)17-12(4)18(23-14(17)6)19(25)15(7)28-20-16(9-22)11(3)10(2)13(5)24-20/h15,23H,8H2,1-7H3/t15-/m0/s1. The van der Waals surface area contributed by atoms with E-state index in [9.17, 15) is 14.9 Å². The van der Waals surface area contributed by atoms with Gasteiger partial charge in [0, 0.05) is 11.4 Å². The molecule has 0 aliphatic rings. The van der Waals surface area contributed by atoms with Crippen molar-refractivity contribution in [3.63, 3.8) is 0 Å². The van der Waals surface area contributed by atoms with Crippen LogP contribution in [0.1, 0.15) is 68.3 Å². The molecule has 2 rings (SSSR count). The Bertz CT molecular complexity index is 986. The molecule has 2 heterocycles. The maximum Gasteiger partial charge on any atom is 0.340 e. The van der Waals surface area contributed by atoms with Crippen LogP contribution in [0, 0.1) is 45.9 Å². The van der Waals surface area contributed by atoms with Gasteiger partial charge in [-0.15, -0.1) is 0 Å². The summed E-state index contributed by atoms with van der Waals surface area (Å²) in [6.07, 6.45) is 0. The van der Waals surface area contributed by atoms with Crippen LogP contribution >= 0.6 is 11.8 Å². The number of nitrogens with zero attached hydrogens (tertiary/aromatic N) is 2. The molecule has 0 aliphatic heterocycles. The summed E-state index contributed by atoms with van der Waals surface area (Å²) in [5, 5.41) is 9.61. The minimum Gasteiger partial charge on any atom is -0.462 e. The number of hydrogen-bond acceptors (Lipinski definition) is 6. The molecule has 0 amide bonds. The minimum atomic E-state index is -0.479. The van der Waals surface area contributed by atoms with Gasteiger partial charge in [0.1, 0.15) is 11.1 Å². The van der Waals surface area contributed by atoms with E-state index in [0.29, 0.717) is 33.1 Å². The Hall–Kier alpha value is -2.59. The van der Waals surface area contributed by atoms with Crippen molar-refractivity contribution in [2.45, 2.75) is 58.7 Å². The third-order valence-corrected chi connectivity index (χ3v) is 5.98. The van der Waals surface area contributed by atoms with Gasteiger partial charge in [-0.3, -0.25) is 4.79 Å². The quantitative estimate of drug-likeness (QED) is 0.440. The van der Waals surface area contributed by atoms with Crippen LogP contribution in [0.5, 0.6) is 0 Å². The van der Waals surface area contributed by atoms with Gasteiger partial charge in [-0.25, -0.2) is 9.78 Å². The van der Waals surface area contributed by atoms with Crippen molar-refractivity contribution < 1.29 is 14.3 Å². The molecule has 0 saturated carbocycles. The van der Waals surface area contributed by atoms with E-state index >= 15 is 0 Å². The highest BCUT2D eigenvalue weighted by atomic mass is 32.2. The summed E-state index contributed by atoms with van der Waals surface area (Å²) in [7, 11) is 0. The molecule has 0 fully saturated rings. The van der Waals surface area contributed by atoms with E-state index in [2.05, 4.69) is 16.0 Å². The van der Waals surface area contributed by atoms with Gasteiger partial charge in [0.25, 0.3) is 0 Å². The molecule has 1 N–H and O–H groups in total. The van der Waals surface area contributed by atoms with Crippen LogP contribution in [0.4, 0.5) is 0 Å². The zero-order chi connectivity index (χ0) is 21.2. The third kappa shape index (κ3) is 3.97. The van der Waals surface area contributed by atoms with Crippen molar-refractivity contribution in [3.05, 3.63) is 44.9 Å². The van der Waals surface area contributed by atoms with Crippen LogP contribution in [-0.2, 0) is 4.74 Å². The Labute approximate surface area is 169 Å². The normalized spacial score (nSPS) is 11.8. The molecule has 148 valence electrons. The Balaban J connectivity index is 2.36. The molecule has 0 bridgehead atoms. The Kier molecular flexibility index (Phi) is 6.68. The monoisotopic (exact) mass is 399 g/mol. The summed E-state index contributed by atoms with van der Waals surface area (Å²) >= 11 is 1.26. The molecule has 0 saturated heterocycles. The van der Waals surface area contributed by atoms with Crippen molar-refractivity contribution in [1.29, 1.82) is 5.26 Å². The molecule has 0 spiro atoms. The van der Waals surface area contributed by atoms with E-state index in [1.807, 2.05) is 20.8 Å². The van der Waals surface area contributed by atoms with Crippen molar-refractivity contribution in [3.8, 4) is 6.07 Å². The second-order valence-corrected chi connectivity index (χ2v) is 8.04. The Morgan fingerprint density at radius 1 is 1.18 bits per heavy atom. The van der Waals surface area contributed by atoms with E-state index in [-0.39, 0.29) is 12.4 Å². The minimum absolute atomic E-state index is 0.150. The highest BCUT2D eigenvalue weighted by Gasteiger charge is 2.27. The number of thioether (sulfide) groups is 1. The predicted molar refractivity (Wildman–Crippen MR) is 109 cm³/mol. The van der Waals surface area contributed by atoms with E-state index in [4.69, 9.17) is 4.74 Å². The van der Waals surface area contributed by atoms with Gasteiger partial charge in [-0.05, 0) is 65.2 Å². The fourth-order valence-electron chi connectivity index (χ4n) is 3.06. The first-order valence-electron chi connectivity index (χ1n) is 9.08. The summed E-state index contributed by atoms with van der Waals surface area (Å²) in [6, 6.07) is 2.21. The molecule has 28 heavy (non-hydrogen) atoms. The number of H-pyrrole nitrogens is 1. The molecular weight excluding hydrogens is 374 g/mol. The second-order valence-electron chi connectivity index (χ2n) is 6.71. The number of aromatic nitrogens is 2. The number of nitrogens with one attached hydrogen (secondary N) is 1. The number of hydrogen-bond donors (Lipinski definition) is 1. The number of carbonyl (C=O) groups excluding carboxylic acids is 2. The van der Waals surface area contributed by atoms with Gasteiger partial charge in [-0.1, -0.05) is 11.8 Å². The molecule has 0 radical (unpaired) electrons. The number of esters is 1. The van der Waals surface area contributed by atoms with E-state index in [1.54, 1.807) is 27.7 Å². The second kappa shape index (κ2) is 8.61. The van der Waals surface area contributed by atoms with Crippen molar-refractivity contribution in [1.82, 2.24) is 9.97 Å². The first kappa shape index (κ1) is 21.7. The van der Waals surface area contributed by atoms with Gasteiger partial charge in [0.05, 0.1) is 28.7 Å². The highest BCUT2D eigenvalue weighted by molar-refractivity contribution is 8.00. The van der Waals surface area contributed by atoms with Crippen molar-refractivity contribution in [2.75, 3.05) is 6.61 Å². The van der Waals surface area contributed by atoms with Gasteiger partial charge < -0.3 is 9.72 Å². The molecule has 0 unspecified atom stereocenters.